The van der Waals surface area contributed by atoms with Gasteiger partial charge in [-0.3, -0.25) is 29.4 Å². The highest BCUT2D eigenvalue weighted by Crippen LogP contribution is 2.40. The van der Waals surface area contributed by atoms with Gasteiger partial charge in [0, 0.05) is 31.6 Å². The van der Waals surface area contributed by atoms with E-state index in [1.807, 2.05) is 6.07 Å². The van der Waals surface area contributed by atoms with E-state index in [1.54, 1.807) is 12.1 Å². The quantitative estimate of drug-likeness (QED) is 0.704. The van der Waals surface area contributed by atoms with Crippen molar-refractivity contribution in [2.75, 3.05) is 18.0 Å². The molecule has 1 aromatic rings. The molecular formula is C18H18N4O4. The summed E-state index contributed by atoms with van der Waals surface area (Å²) in [5.74, 6) is -1.84. The van der Waals surface area contributed by atoms with Crippen molar-refractivity contribution in [1.29, 1.82) is 0 Å². The number of nitrogens with one attached hydrogen (secondary N) is 2. The summed E-state index contributed by atoms with van der Waals surface area (Å²) >= 11 is 0. The predicted octanol–water partition coefficient (Wildman–Crippen LogP) is -0.362. The van der Waals surface area contributed by atoms with Gasteiger partial charge in [0.1, 0.15) is 6.04 Å². The zero-order valence-corrected chi connectivity index (χ0v) is 14.0. The number of hydrogen-bond acceptors (Lipinski definition) is 6. The minimum atomic E-state index is -0.925. The maximum absolute atomic E-state index is 13.1. The van der Waals surface area contributed by atoms with Gasteiger partial charge in [0.25, 0.3) is 11.8 Å². The van der Waals surface area contributed by atoms with E-state index in [9.17, 15) is 19.2 Å². The lowest BCUT2D eigenvalue weighted by Gasteiger charge is -2.55. The van der Waals surface area contributed by atoms with Gasteiger partial charge in [0.05, 0.1) is 16.8 Å². The molecule has 0 saturated carbocycles. The molecule has 3 unspecified atom stereocenters. The Bertz CT molecular complexity index is 853. The normalized spacial score (nSPS) is 30.2. The van der Waals surface area contributed by atoms with Crippen LogP contribution >= 0.6 is 0 Å². The molecule has 4 aliphatic rings. The van der Waals surface area contributed by atoms with E-state index < -0.39 is 23.8 Å². The van der Waals surface area contributed by atoms with E-state index in [-0.39, 0.29) is 18.7 Å². The van der Waals surface area contributed by atoms with Crippen molar-refractivity contribution in [2.24, 2.45) is 0 Å². The second-order valence-electron chi connectivity index (χ2n) is 7.26. The Labute approximate surface area is 149 Å². The lowest BCUT2D eigenvalue weighted by Crippen LogP contribution is -2.68. The molecule has 3 atom stereocenters. The number of benzene rings is 1. The molecule has 2 N–H and O–H groups in total. The smallest absolute Gasteiger partial charge is 0.264 e. The van der Waals surface area contributed by atoms with Crippen molar-refractivity contribution >= 4 is 29.3 Å². The van der Waals surface area contributed by atoms with Crippen LogP contribution in [0.2, 0.25) is 0 Å². The third kappa shape index (κ3) is 1.99. The van der Waals surface area contributed by atoms with Crippen LogP contribution in [-0.2, 0) is 9.59 Å². The Kier molecular flexibility index (Phi) is 3.21. The first kappa shape index (κ1) is 15.5. The monoisotopic (exact) mass is 354 g/mol. The molecule has 4 amide bonds. The van der Waals surface area contributed by atoms with E-state index in [1.165, 1.54) is 0 Å². The number of piperazine rings is 1. The number of amides is 4. The van der Waals surface area contributed by atoms with E-state index in [0.29, 0.717) is 23.2 Å². The summed E-state index contributed by atoms with van der Waals surface area (Å²) in [4.78, 5) is 52.8. The number of piperidine rings is 2. The molecule has 0 aliphatic carbocycles. The Morgan fingerprint density at radius 2 is 1.77 bits per heavy atom. The Morgan fingerprint density at radius 1 is 1.00 bits per heavy atom. The van der Waals surface area contributed by atoms with Gasteiger partial charge in [-0.15, -0.1) is 0 Å². The van der Waals surface area contributed by atoms with Crippen molar-refractivity contribution < 1.29 is 19.2 Å². The van der Waals surface area contributed by atoms with Crippen LogP contribution in [0.1, 0.15) is 40.0 Å². The Hall–Kier alpha value is -2.74. The third-order valence-electron chi connectivity index (χ3n) is 5.82. The Balaban J connectivity index is 1.52. The van der Waals surface area contributed by atoms with Gasteiger partial charge in [-0.1, -0.05) is 6.07 Å². The highest BCUT2D eigenvalue weighted by molar-refractivity contribution is 6.25. The maximum Gasteiger partial charge on any atom is 0.264 e. The molecule has 3 saturated heterocycles. The molecule has 134 valence electrons. The van der Waals surface area contributed by atoms with E-state index >= 15 is 0 Å². The molecule has 0 spiro atoms. The van der Waals surface area contributed by atoms with Gasteiger partial charge in [-0.2, -0.15) is 0 Å². The van der Waals surface area contributed by atoms with Crippen LogP contribution in [0.3, 0.4) is 0 Å². The van der Waals surface area contributed by atoms with Gasteiger partial charge in [0.15, 0.2) is 0 Å². The Morgan fingerprint density at radius 3 is 2.46 bits per heavy atom. The summed E-state index contributed by atoms with van der Waals surface area (Å²) in [6.07, 6.45) is 1.37. The summed E-state index contributed by atoms with van der Waals surface area (Å²) < 4.78 is 0. The number of nitrogens with zero attached hydrogens (tertiary/aromatic N) is 2. The minimum absolute atomic E-state index is 0.124. The molecule has 4 heterocycles. The van der Waals surface area contributed by atoms with E-state index in [0.717, 1.165) is 30.1 Å². The number of hydrogen-bond donors (Lipinski definition) is 2. The van der Waals surface area contributed by atoms with Crippen LogP contribution in [-0.4, -0.2) is 59.7 Å². The first-order valence-corrected chi connectivity index (χ1v) is 8.90. The van der Waals surface area contributed by atoms with Gasteiger partial charge >= 0.3 is 0 Å². The standard InChI is InChI=1S/C18H18N4O4/c23-14-5-4-13(16(24)20-14)22-17(25)11-2-1-3-12(15(11)18(22)26)21-9-6-10(21)8-19-7-9/h1-3,9-10,13,19H,4-8H2,(H,20,23,24). The van der Waals surface area contributed by atoms with Crippen LogP contribution in [0.4, 0.5) is 5.69 Å². The molecule has 0 aromatic heterocycles. The van der Waals surface area contributed by atoms with Crippen molar-refractivity contribution in [3.8, 4) is 0 Å². The zero-order valence-electron chi connectivity index (χ0n) is 14.0. The van der Waals surface area contributed by atoms with Gasteiger partial charge in [0.2, 0.25) is 11.8 Å². The SMILES string of the molecule is O=C1CCC(N2C(=O)c3cccc(N4C5CNCC4C5)c3C2=O)C(=O)N1. The van der Waals surface area contributed by atoms with E-state index in [4.69, 9.17) is 0 Å². The molecule has 2 bridgehead atoms. The largest absolute Gasteiger partial charge is 0.362 e. The average molecular weight is 354 g/mol. The molecule has 5 rings (SSSR count). The van der Waals surface area contributed by atoms with Crippen LogP contribution in [0.5, 0.6) is 0 Å². The molecule has 8 heteroatoms. The fraction of sp³-hybridized carbons (Fsp3) is 0.444. The lowest BCUT2D eigenvalue weighted by molar-refractivity contribution is -0.136. The number of carbonyl (C=O) groups excluding carboxylic acids is 4. The zero-order chi connectivity index (χ0) is 18.0. The third-order valence-corrected chi connectivity index (χ3v) is 5.82. The summed E-state index contributed by atoms with van der Waals surface area (Å²) in [6, 6.07) is 5.03. The molecule has 3 fully saturated rings. The van der Waals surface area contributed by atoms with Crippen molar-refractivity contribution in [3.63, 3.8) is 0 Å². The number of carbonyl (C=O) groups is 4. The van der Waals surface area contributed by atoms with Crippen molar-refractivity contribution in [2.45, 2.75) is 37.4 Å². The van der Waals surface area contributed by atoms with Gasteiger partial charge in [-0.05, 0) is 25.0 Å². The van der Waals surface area contributed by atoms with Crippen molar-refractivity contribution in [1.82, 2.24) is 15.5 Å². The van der Waals surface area contributed by atoms with Crippen LogP contribution in [0.15, 0.2) is 18.2 Å². The molecule has 1 aromatic carbocycles. The molecule has 26 heavy (non-hydrogen) atoms. The summed E-state index contributed by atoms with van der Waals surface area (Å²) in [6.45, 7) is 1.72. The number of anilines is 1. The number of fused-ring (bicyclic) bond motifs is 3. The minimum Gasteiger partial charge on any atom is -0.362 e. The summed E-state index contributed by atoms with van der Waals surface area (Å²) in [5.41, 5.74) is 1.51. The highest BCUT2D eigenvalue weighted by atomic mass is 16.2. The first-order valence-electron chi connectivity index (χ1n) is 8.90. The highest BCUT2D eigenvalue weighted by Gasteiger charge is 2.49. The fourth-order valence-corrected chi connectivity index (χ4v) is 4.59. The van der Waals surface area contributed by atoms with E-state index in [2.05, 4.69) is 15.5 Å². The summed E-state index contributed by atoms with van der Waals surface area (Å²) in [7, 11) is 0. The average Bonchev–Trinajstić information content (AvgIpc) is 2.88. The van der Waals surface area contributed by atoms with Gasteiger partial charge in [-0.25, -0.2) is 0 Å². The van der Waals surface area contributed by atoms with Crippen molar-refractivity contribution in [3.05, 3.63) is 29.3 Å². The molecule has 0 radical (unpaired) electrons. The molecular weight excluding hydrogens is 336 g/mol. The predicted molar refractivity (Wildman–Crippen MR) is 90.7 cm³/mol. The first-order chi connectivity index (χ1) is 12.6. The number of rotatable bonds is 2. The maximum atomic E-state index is 13.1. The topological polar surface area (TPSA) is 98.8 Å². The summed E-state index contributed by atoms with van der Waals surface area (Å²) in [5, 5.41) is 5.58. The van der Waals surface area contributed by atoms with Crippen LogP contribution in [0.25, 0.3) is 0 Å². The number of imide groups is 2. The van der Waals surface area contributed by atoms with Gasteiger partial charge < -0.3 is 10.2 Å². The lowest BCUT2D eigenvalue weighted by atomic mass is 9.87. The van der Waals surface area contributed by atoms with Crippen LogP contribution in [0, 0.1) is 0 Å². The van der Waals surface area contributed by atoms with Crippen LogP contribution < -0.4 is 15.5 Å². The second-order valence-corrected chi connectivity index (χ2v) is 7.26. The second kappa shape index (κ2) is 5.38. The fourth-order valence-electron chi connectivity index (χ4n) is 4.59. The molecule has 4 aliphatic heterocycles. The molecule has 8 nitrogen and oxygen atoms in total.